The van der Waals surface area contributed by atoms with E-state index >= 15 is 0 Å². The number of nitrogens with one attached hydrogen (secondary N) is 1. The molecule has 1 aliphatic rings. The molecule has 22 heavy (non-hydrogen) atoms. The first-order chi connectivity index (χ1) is 10.2. The molecule has 0 bridgehead atoms. The second kappa shape index (κ2) is 6.55. The molecule has 0 spiro atoms. The Kier molecular flexibility index (Phi) is 5.14. The Bertz CT molecular complexity index is 704. The lowest BCUT2D eigenvalue weighted by Crippen LogP contribution is -2.37. The van der Waals surface area contributed by atoms with Crippen LogP contribution in [0.25, 0.3) is 0 Å². The molecular formula is C14H22N2O4S2. The lowest BCUT2D eigenvalue weighted by Gasteiger charge is -2.29. The van der Waals surface area contributed by atoms with E-state index in [1.807, 2.05) is 0 Å². The fraction of sp³-hybridized carbons (Fsp3) is 0.571. The molecule has 6 nitrogen and oxygen atoms in total. The van der Waals surface area contributed by atoms with Gasteiger partial charge in [-0.3, -0.25) is 4.72 Å². The molecule has 1 heterocycles. The quantitative estimate of drug-likeness (QED) is 0.882. The number of rotatable bonds is 5. The van der Waals surface area contributed by atoms with Crippen LogP contribution in [0.5, 0.6) is 0 Å². The van der Waals surface area contributed by atoms with Gasteiger partial charge < -0.3 is 0 Å². The average molecular weight is 346 g/mol. The topological polar surface area (TPSA) is 83.5 Å². The number of nitrogens with zero attached hydrogens (tertiary/aromatic N) is 1. The summed E-state index contributed by atoms with van der Waals surface area (Å²) in [5.41, 5.74) is 0.369. The summed E-state index contributed by atoms with van der Waals surface area (Å²) in [7, 11) is -6.85. The van der Waals surface area contributed by atoms with Crippen LogP contribution >= 0.6 is 0 Å². The maximum atomic E-state index is 12.5. The van der Waals surface area contributed by atoms with Crippen LogP contribution in [0.4, 0.5) is 5.69 Å². The summed E-state index contributed by atoms with van der Waals surface area (Å²) >= 11 is 0. The molecule has 0 aromatic heterocycles. The maximum Gasteiger partial charge on any atom is 0.243 e. The lowest BCUT2D eigenvalue weighted by molar-refractivity contribution is 0.288. The zero-order chi connectivity index (χ0) is 16.4. The molecule has 1 aromatic carbocycles. The van der Waals surface area contributed by atoms with Crippen LogP contribution in [0.1, 0.15) is 26.7 Å². The molecule has 1 saturated heterocycles. The van der Waals surface area contributed by atoms with Gasteiger partial charge in [-0.25, -0.2) is 16.8 Å². The lowest BCUT2D eigenvalue weighted by atomic mass is 10.0. The fourth-order valence-electron chi connectivity index (χ4n) is 2.32. The second-order valence-corrected chi connectivity index (χ2v) is 9.57. The second-order valence-electron chi connectivity index (χ2n) is 5.62. The predicted octanol–water partition coefficient (Wildman–Crippen LogP) is 1.87. The normalized spacial score (nSPS) is 18.3. The van der Waals surface area contributed by atoms with Crippen molar-refractivity contribution >= 4 is 25.7 Å². The summed E-state index contributed by atoms with van der Waals surface area (Å²) in [6.07, 6.45) is 1.74. The van der Waals surface area contributed by atoms with E-state index in [0.717, 1.165) is 12.8 Å². The van der Waals surface area contributed by atoms with Crippen LogP contribution in [-0.2, 0) is 20.0 Å². The fourth-order valence-corrected chi connectivity index (χ4v) is 4.43. The van der Waals surface area contributed by atoms with Crippen LogP contribution in [0, 0.1) is 5.92 Å². The Balaban J connectivity index is 2.16. The van der Waals surface area contributed by atoms with E-state index in [0.29, 0.717) is 24.7 Å². The third-order valence-electron chi connectivity index (χ3n) is 3.89. The van der Waals surface area contributed by atoms with Gasteiger partial charge in [-0.05, 0) is 49.9 Å². The average Bonchev–Trinajstić information content (AvgIpc) is 2.48. The molecule has 2 rings (SSSR count). The van der Waals surface area contributed by atoms with Gasteiger partial charge in [0.2, 0.25) is 20.0 Å². The molecule has 124 valence electrons. The third-order valence-corrected chi connectivity index (χ3v) is 7.11. The van der Waals surface area contributed by atoms with E-state index in [9.17, 15) is 16.8 Å². The number of anilines is 1. The first-order valence-electron chi connectivity index (χ1n) is 7.35. The van der Waals surface area contributed by atoms with E-state index in [2.05, 4.69) is 11.6 Å². The van der Waals surface area contributed by atoms with Gasteiger partial charge in [0.05, 0.1) is 10.6 Å². The van der Waals surface area contributed by atoms with Gasteiger partial charge in [0.15, 0.2) is 0 Å². The van der Waals surface area contributed by atoms with Crippen LogP contribution in [0.3, 0.4) is 0 Å². The van der Waals surface area contributed by atoms with Gasteiger partial charge in [0, 0.05) is 18.8 Å². The number of piperidine rings is 1. The first-order valence-corrected chi connectivity index (χ1v) is 10.4. The number of hydrogen-bond acceptors (Lipinski definition) is 4. The van der Waals surface area contributed by atoms with Gasteiger partial charge in [-0.2, -0.15) is 4.31 Å². The molecule has 0 saturated carbocycles. The standard InChI is InChI=1S/C14H22N2O4S2/c1-3-21(17,18)15-13-4-6-14(7-5-13)22(19,20)16-10-8-12(2)9-11-16/h4-7,12,15H,3,8-11H2,1-2H3. The highest BCUT2D eigenvalue weighted by molar-refractivity contribution is 7.92. The minimum absolute atomic E-state index is 0.0288. The monoisotopic (exact) mass is 346 g/mol. The van der Waals surface area contributed by atoms with Crippen molar-refractivity contribution in [3.63, 3.8) is 0 Å². The van der Waals surface area contributed by atoms with Crippen molar-refractivity contribution < 1.29 is 16.8 Å². The van der Waals surface area contributed by atoms with Gasteiger partial charge in [-0.1, -0.05) is 6.92 Å². The summed E-state index contributed by atoms with van der Waals surface area (Å²) in [6.45, 7) is 4.73. The van der Waals surface area contributed by atoms with Gasteiger partial charge in [-0.15, -0.1) is 0 Å². The largest absolute Gasteiger partial charge is 0.284 e. The summed E-state index contributed by atoms with van der Waals surface area (Å²) in [5.74, 6) is 0.524. The summed E-state index contributed by atoms with van der Waals surface area (Å²) in [5, 5.41) is 0. The molecular weight excluding hydrogens is 324 g/mol. The van der Waals surface area contributed by atoms with E-state index in [4.69, 9.17) is 0 Å². The maximum absolute atomic E-state index is 12.5. The molecule has 0 unspecified atom stereocenters. The summed E-state index contributed by atoms with van der Waals surface area (Å²) in [4.78, 5) is 0.196. The highest BCUT2D eigenvalue weighted by Crippen LogP contribution is 2.24. The molecule has 1 aliphatic heterocycles. The molecule has 0 radical (unpaired) electrons. The van der Waals surface area contributed by atoms with Crippen LogP contribution < -0.4 is 4.72 Å². The molecule has 1 aromatic rings. The highest BCUT2D eigenvalue weighted by Gasteiger charge is 2.27. The molecule has 8 heteroatoms. The Labute approximate surface area is 132 Å². The summed E-state index contributed by atoms with van der Waals surface area (Å²) in [6, 6.07) is 5.85. The van der Waals surface area contributed by atoms with E-state index in [-0.39, 0.29) is 10.6 Å². The van der Waals surface area contributed by atoms with Crippen molar-refractivity contribution in [1.29, 1.82) is 0 Å². The van der Waals surface area contributed by atoms with Gasteiger partial charge in [0.25, 0.3) is 0 Å². The molecule has 0 amide bonds. The highest BCUT2D eigenvalue weighted by atomic mass is 32.2. The number of hydrogen-bond donors (Lipinski definition) is 1. The smallest absolute Gasteiger partial charge is 0.243 e. The van der Waals surface area contributed by atoms with Crippen molar-refractivity contribution in [2.45, 2.75) is 31.6 Å². The van der Waals surface area contributed by atoms with Crippen LogP contribution in [0.15, 0.2) is 29.2 Å². The van der Waals surface area contributed by atoms with Crippen molar-refractivity contribution in [1.82, 2.24) is 4.31 Å². The minimum atomic E-state index is -3.50. The number of sulfonamides is 2. The first kappa shape index (κ1) is 17.2. The van der Waals surface area contributed by atoms with Crippen molar-refractivity contribution in [2.75, 3.05) is 23.6 Å². The molecule has 1 fully saturated rings. The van der Waals surface area contributed by atoms with E-state index < -0.39 is 20.0 Å². The SMILES string of the molecule is CCS(=O)(=O)Nc1ccc(S(=O)(=O)N2CCC(C)CC2)cc1. The number of benzene rings is 1. The Morgan fingerprint density at radius 3 is 2.14 bits per heavy atom. The zero-order valence-corrected chi connectivity index (χ0v) is 14.5. The minimum Gasteiger partial charge on any atom is -0.284 e. The molecule has 0 aliphatic carbocycles. The Morgan fingerprint density at radius 2 is 1.64 bits per heavy atom. The van der Waals surface area contributed by atoms with Crippen molar-refractivity contribution in [2.24, 2.45) is 5.92 Å². The molecule has 0 atom stereocenters. The van der Waals surface area contributed by atoms with E-state index in [1.165, 1.54) is 28.6 Å². The predicted molar refractivity (Wildman–Crippen MR) is 86.7 cm³/mol. The molecule has 1 N–H and O–H groups in total. The van der Waals surface area contributed by atoms with Crippen molar-refractivity contribution in [3.8, 4) is 0 Å². The Morgan fingerprint density at radius 1 is 1.09 bits per heavy atom. The van der Waals surface area contributed by atoms with Gasteiger partial charge >= 0.3 is 0 Å². The van der Waals surface area contributed by atoms with Gasteiger partial charge in [0.1, 0.15) is 0 Å². The third kappa shape index (κ3) is 3.99. The van der Waals surface area contributed by atoms with Crippen molar-refractivity contribution in [3.05, 3.63) is 24.3 Å². The summed E-state index contributed by atoms with van der Waals surface area (Å²) < 4.78 is 51.9. The zero-order valence-electron chi connectivity index (χ0n) is 12.8. The Hall–Kier alpha value is -1.12. The van der Waals surface area contributed by atoms with E-state index in [1.54, 1.807) is 6.92 Å². The van der Waals surface area contributed by atoms with Crippen LogP contribution in [-0.4, -0.2) is 40.0 Å². The van der Waals surface area contributed by atoms with Crippen LogP contribution in [0.2, 0.25) is 0 Å².